The standard InChI is InChI=1S/C12H11FN4/c13-12-5-9(1-2-10(12)6-15)11-7-16-17(8-11)4-3-14/h1-2,5,7-8H,4,6,15H2. The lowest BCUT2D eigenvalue weighted by Gasteiger charge is -2.02. The highest BCUT2D eigenvalue weighted by molar-refractivity contribution is 5.62. The van der Waals surface area contributed by atoms with Gasteiger partial charge >= 0.3 is 0 Å². The molecule has 1 heterocycles. The molecule has 0 amide bonds. The van der Waals surface area contributed by atoms with Crippen LogP contribution in [0.4, 0.5) is 4.39 Å². The second kappa shape index (κ2) is 4.76. The largest absolute Gasteiger partial charge is 0.326 e. The number of halogens is 1. The van der Waals surface area contributed by atoms with Gasteiger partial charge in [-0.2, -0.15) is 10.4 Å². The Morgan fingerprint density at radius 3 is 2.88 bits per heavy atom. The molecule has 5 heteroatoms. The first-order valence-electron chi connectivity index (χ1n) is 5.13. The third-order valence-electron chi connectivity index (χ3n) is 2.47. The summed E-state index contributed by atoms with van der Waals surface area (Å²) < 4.78 is 15.0. The fourth-order valence-electron chi connectivity index (χ4n) is 1.56. The van der Waals surface area contributed by atoms with Crippen LogP contribution in [0.2, 0.25) is 0 Å². The summed E-state index contributed by atoms with van der Waals surface area (Å²) in [6, 6.07) is 6.86. The minimum absolute atomic E-state index is 0.180. The lowest BCUT2D eigenvalue weighted by atomic mass is 10.1. The van der Waals surface area contributed by atoms with Crippen LogP contribution in [0, 0.1) is 17.1 Å². The van der Waals surface area contributed by atoms with Gasteiger partial charge in [0.2, 0.25) is 0 Å². The summed E-state index contributed by atoms with van der Waals surface area (Å²) >= 11 is 0. The zero-order chi connectivity index (χ0) is 12.3. The van der Waals surface area contributed by atoms with E-state index in [0.717, 1.165) is 11.1 Å². The molecule has 86 valence electrons. The second-order valence-corrected chi connectivity index (χ2v) is 3.60. The Morgan fingerprint density at radius 2 is 2.24 bits per heavy atom. The van der Waals surface area contributed by atoms with Crippen LogP contribution in [-0.4, -0.2) is 9.78 Å². The topological polar surface area (TPSA) is 67.6 Å². The van der Waals surface area contributed by atoms with Crippen LogP contribution in [-0.2, 0) is 13.1 Å². The smallest absolute Gasteiger partial charge is 0.128 e. The maximum atomic E-state index is 13.5. The summed E-state index contributed by atoms with van der Waals surface area (Å²) in [5, 5.41) is 12.5. The van der Waals surface area contributed by atoms with E-state index in [9.17, 15) is 4.39 Å². The van der Waals surface area contributed by atoms with Crippen LogP contribution in [0.3, 0.4) is 0 Å². The first kappa shape index (κ1) is 11.3. The molecule has 0 fully saturated rings. The van der Waals surface area contributed by atoms with Crippen molar-refractivity contribution in [1.29, 1.82) is 5.26 Å². The van der Waals surface area contributed by atoms with E-state index < -0.39 is 0 Å². The van der Waals surface area contributed by atoms with E-state index in [4.69, 9.17) is 11.0 Å². The molecule has 1 aromatic heterocycles. The van der Waals surface area contributed by atoms with Gasteiger partial charge in [0, 0.05) is 23.9 Å². The lowest BCUT2D eigenvalue weighted by Crippen LogP contribution is -1.99. The van der Waals surface area contributed by atoms with E-state index in [1.165, 1.54) is 10.7 Å². The molecule has 0 aliphatic heterocycles. The number of nitriles is 1. The second-order valence-electron chi connectivity index (χ2n) is 3.60. The molecule has 0 atom stereocenters. The van der Waals surface area contributed by atoms with Crippen molar-refractivity contribution in [2.75, 3.05) is 0 Å². The lowest BCUT2D eigenvalue weighted by molar-refractivity contribution is 0.611. The van der Waals surface area contributed by atoms with Crippen LogP contribution in [0.5, 0.6) is 0 Å². The molecule has 1 aromatic carbocycles. The molecule has 2 aromatic rings. The molecule has 0 saturated carbocycles. The Balaban J connectivity index is 2.33. The van der Waals surface area contributed by atoms with Crippen LogP contribution < -0.4 is 5.73 Å². The quantitative estimate of drug-likeness (QED) is 0.872. The molecular weight excluding hydrogens is 219 g/mol. The first-order chi connectivity index (χ1) is 8.24. The zero-order valence-electron chi connectivity index (χ0n) is 9.10. The van der Waals surface area contributed by atoms with E-state index in [1.807, 2.05) is 6.07 Å². The van der Waals surface area contributed by atoms with Crippen LogP contribution in [0.1, 0.15) is 5.56 Å². The number of nitrogens with two attached hydrogens (primary N) is 1. The molecular formula is C12H11FN4. The number of benzene rings is 1. The molecule has 0 aliphatic rings. The monoisotopic (exact) mass is 230 g/mol. The minimum Gasteiger partial charge on any atom is -0.326 e. The molecule has 17 heavy (non-hydrogen) atoms. The Bertz CT molecular complexity index is 568. The highest BCUT2D eigenvalue weighted by Crippen LogP contribution is 2.21. The highest BCUT2D eigenvalue weighted by atomic mass is 19.1. The average molecular weight is 230 g/mol. The molecule has 0 aliphatic carbocycles. The predicted molar refractivity (Wildman–Crippen MR) is 61.1 cm³/mol. The van der Waals surface area contributed by atoms with Gasteiger partial charge in [0.1, 0.15) is 12.4 Å². The predicted octanol–water partition coefficient (Wildman–Crippen LogP) is 1.67. The van der Waals surface area contributed by atoms with Gasteiger partial charge in [-0.15, -0.1) is 0 Å². The van der Waals surface area contributed by atoms with Gasteiger partial charge in [0.25, 0.3) is 0 Å². The molecule has 2 rings (SSSR count). The van der Waals surface area contributed by atoms with Crippen LogP contribution in [0.15, 0.2) is 30.6 Å². The molecule has 2 N–H and O–H groups in total. The van der Waals surface area contributed by atoms with Crippen molar-refractivity contribution in [2.24, 2.45) is 5.73 Å². The SMILES string of the molecule is N#CCn1cc(-c2ccc(CN)c(F)c2)cn1. The maximum Gasteiger partial charge on any atom is 0.128 e. The van der Waals surface area contributed by atoms with Crippen molar-refractivity contribution < 1.29 is 4.39 Å². The van der Waals surface area contributed by atoms with Crippen molar-refractivity contribution >= 4 is 0 Å². The van der Waals surface area contributed by atoms with Gasteiger partial charge in [0.15, 0.2) is 0 Å². The number of aromatic nitrogens is 2. The Kier molecular flexibility index (Phi) is 3.17. The molecule has 0 radical (unpaired) electrons. The molecule has 0 bridgehead atoms. The van der Waals surface area contributed by atoms with Crippen molar-refractivity contribution in [1.82, 2.24) is 9.78 Å². The first-order valence-corrected chi connectivity index (χ1v) is 5.13. The molecule has 0 saturated heterocycles. The summed E-state index contributed by atoms with van der Waals surface area (Å²) in [5.41, 5.74) is 7.38. The Labute approximate surface area is 98.1 Å². The highest BCUT2D eigenvalue weighted by Gasteiger charge is 2.05. The number of hydrogen-bond acceptors (Lipinski definition) is 3. The number of rotatable bonds is 3. The summed E-state index contributed by atoms with van der Waals surface area (Å²) in [6.07, 6.45) is 3.31. The minimum atomic E-state index is -0.321. The maximum absolute atomic E-state index is 13.5. The molecule has 4 nitrogen and oxygen atoms in total. The van der Waals surface area contributed by atoms with Crippen LogP contribution in [0.25, 0.3) is 11.1 Å². The van der Waals surface area contributed by atoms with E-state index in [-0.39, 0.29) is 18.9 Å². The Morgan fingerprint density at radius 1 is 1.41 bits per heavy atom. The zero-order valence-corrected chi connectivity index (χ0v) is 9.10. The van der Waals surface area contributed by atoms with Crippen molar-refractivity contribution in [3.8, 4) is 17.2 Å². The molecule has 0 spiro atoms. The van der Waals surface area contributed by atoms with E-state index in [1.54, 1.807) is 24.5 Å². The third kappa shape index (κ3) is 2.32. The number of nitrogens with zero attached hydrogens (tertiary/aromatic N) is 3. The normalized spacial score (nSPS) is 10.2. The Hall–Kier alpha value is -2.19. The van der Waals surface area contributed by atoms with Gasteiger partial charge in [-0.05, 0) is 11.6 Å². The number of hydrogen-bond donors (Lipinski definition) is 1. The fourth-order valence-corrected chi connectivity index (χ4v) is 1.56. The van der Waals surface area contributed by atoms with Crippen molar-refractivity contribution in [3.63, 3.8) is 0 Å². The van der Waals surface area contributed by atoms with Gasteiger partial charge in [-0.25, -0.2) is 4.39 Å². The summed E-state index contributed by atoms with van der Waals surface area (Å²) in [6.45, 7) is 0.364. The van der Waals surface area contributed by atoms with Gasteiger partial charge < -0.3 is 5.73 Å². The van der Waals surface area contributed by atoms with E-state index >= 15 is 0 Å². The van der Waals surface area contributed by atoms with Gasteiger partial charge in [0.05, 0.1) is 12.3 Å². The molecule has 0 unspecified atom stereocenters. The van der Waals surface area contributed by atoms with E-state index in [2.05, 4.69) is 5.10 Å². The summed E-state index contributed by atoms with van der Waals surface area (Å²) in [4.78, 5) is 0. The third-order valence-corrected chi connectivity index (χ3v) is 2.47. The van der Waals surface area contributed by atoms with Crippen LogP contribution >= 0.6 is 0 Å². The summed E-state index contributed by atoms with van der Waals surface area (Å²) in [7, 11) is 0. The van der Waals surface area contributed by atoms with Gasteiger partial charge in [-0.1, -0.05) is 12.1 Å². The summed E-state index contributed by atoms with van der Waals surface area (Å²) in [5.74, 6) is -0.321. The fraction of sp³-hybridized carbons (Fsp3) is 0.167. The average Bonchev–Trinajstić information content (AvgIpc) is 2.78. The van der Waals surface area contributed by atoms with E-state index in [0.29, 0.717) is 5.56 Å². The van der Waals surface area contributed by atoms with Crippen molar-refractivity contribution in [3.05, 3.63) is 42.0 Å². The van der Waals surface area contributed by atoms with Gasteiger partial charge in [-0.3, -0.25) is 4.68 Å². The van der Waals surface area contributed by atoms with Crippen molar-refractivity contribution in [2.45, 2.75) is 13.1 Å².